The van der Waals surface area contributed by atoms with E-state index < -0.39 is 17.6 Å². The standard InChI is InChI=1S/C23H20F3N5O/c1-14-17(12-16-8-4-3-5-9-16)15(2)31-22(27-14)29-20(30-31)13-21(32)28-19-11-7-6-10-18(19)23(24,25)26/h3-11H,12-13H2,1-2H3,(H,28,32). The van der Waals surface area contributed by atoms with Gasteiger partial charge in [0, 0.05) is 17.8 Å². The first kappa shape index (κ1) is 21.5. The topological polar surface area (TPSA) is 72.2 Å². The number of aromatic nitrogens is 4. The van der Waals surface area contributed by atoms with Crippen LogP contribution in [0.15, 0.2) is 54.6 Å². The molecule has 9 heteroatoms. The fraction of sp³-hybridized carbons (Fsp3) is 0.217. The van der Waals surface area contributed by atoms with Crippen molar-refractivity contribution < 1.29 is 18.0 Å². The molecular formula is C23H20F3N5O. The van der Waals surface area contributed by atoms with Crippen molar-refractivity contribution in [3.8, 4) is 0 Å². The van der Waals surface area contributed by atoms with Crippen LogP contribution in [-0.2, 0) is 23.8 Å². The summed E-state index contributed by atoms with van der Waals surface area (Å²) in [5.74, 6) is -0.120. The van der Waals surface area contributed by atoms with Crippen molar-refractivity contribution in [1.82, 2.24) is 19.6 Å². The summed E-state index contributed by atoms with van der Waals surface area (Å²) < 4.78 is 41.0. The van der Waals surface area contributed by atoms with Crippen molar-refractivity contribution in [2.24, 2.45) is 0 Å². The number of alkyl halides is 3. The highest BCUT2D eigenvalue weighted by Crippen LogP contribution is 2.34. The monoisotopic (exact) mass is 439 g/mol. The van der Waals surface area contributed by atoms with Gasteiger partial charge in [-0.15, -0.1) is 5.10 Å². The van der Waals surface area contributed by atoms with E-state index >= 15 is 0 Å². The molecule has 4 aromatic rings. The van der Waals surface area contributed by atoms with Crippen LogP contribution in [-0.4, -0.2) is 25.5 Å². The van der Waals surface area contributed by atoms with Crippen molar-refractivity contribution >= 4 is 17.4 Å². The minimum Gasteiger partial charge on any atom is -0.325 e. The predicted octanol–water partition coefficient (Wildman–Crippen LogP) is 4.53. The van der Waals surface area contributed by atoms with Crippen molar-refractivity contribution in [2.75, 3.05) is 5.32 Å². The highest BCUT2D eigenvalue weighted by molar-refractivity contribution is 5.92. The van der Waals surface area contributed by atoms with Crippen LogP contribution in [0.2, 0.25) is 0 Å². The molecular weight excluding hydrogens is 419 g/mol. The maximum atomic E-state index is 13.2. The Morgan fingerprint density at radius 2 is 1.69 bits per heavy atom. The Hall–Kier alpha value is -3.75. The minimum atomic E-state index is -4.57. The van der Waals surface area contributed by atoms with E-state index in [1.54, 1.807) is 4.52 Å². The zero-order valence-corrected chi connectivity index (χ0v) is 17.4. The summed E-state index contributed by atoms with van der Waals surface area (Å²) in [7, 11) is 0. The van der Waals surface area contributed by atoms with Crippen LogP contribution >= 0.6 is 0 Å². The SMILES string of the molecule is Cc1nc2nc(CC(=O)Nc3ccccc3C(F)(F)F)nn2c(C)c1Cc1ccccc1. The van der Waals surface area contributed by atoms with E-state index in [2.05, 4.69) is 20.4 Å². The van der Waals surface area contributed by atoms with E-state index in [1.807, 2.05) is 44.2 Å². The fourth-order valence-electron chi connectivity index (χ4n) is 3.56. The van der Waals surface area contributed by atoms with Gasteiger partial charge in [-0.1, -0.05) is 42.5 Å². The van der Waals surface area contributed by atoms with Crippen molar-refractivity contribution in [3.63, 3.8) is 0 Å². The summed E-state index contributed by atoms with van der Waals surface area (Å²) in [5, 5.41) is 6.68. The molecule has 0 aliphatic carbocycles. The van der Waals surface area contributed by atoms with E-state index in [-0.39, 0.29) is 17.9 Å². The maximum Gasteiger partial charge on any atom is 0.418 e. The maximum absolute atomic E-state index is 13.2. The summed E-state index contributed by atoms with van der Waals surface area (Å²) in [5.41, 5.74) is 2.57. The third kappa shape index (κ3) is 4.46. The quantitative estimate of drug-likeness (QED) is 0.496. The number of amides is 1. The molecule has 1 amide bonds. The van der Waals surface area contributed by atoms with E-state index in [4.69, 9.17) is 0 Å². The summed E-state index contributed by atoms with van der Waals surface area (Å²) in [6.07, 6.45) is -4.17. The minimum absolute atomic E-state index is 0.179. The number of benzene rings is 2. The van der Waals surface area contributed by atoms with Gasteiger partial charge in [-0.25, -0.2) is 9.50 Å². The van der Waals surface area contributed by atoms with Gasteiger partial charge >= 0.3 is 6.18 Å². The van der Waals surface area contributed by atoms with E-state index in [1.165, 1.54) is 18.2 Å². The molecule has 32 heavy (non-hydrogen) atoms. The van der Waals surface area contributed by atoms with Gasteiger partial charge in [0.15, 0.2) is 5.82 Å². The number of rotatable bonds is 5. The molecule has 1 N–H and O–H groups in total. The number of nitrogens with one attached hydrogen (secondary N) is 1. The van der Waals surface area contributed by atoms with Gasteiger partial charge in [0.1, 0.15) is 0 Å². The molecule has 0 saturated heterocycles. The van der Waals surface area contributed by atoms with Gasteiger partial charge in [0.05, 0.1) is 17.7 Å². The number of halogens is 3. The summed E-state index contributed by atoms with van der Waals surface area (Å²) in [6, 6.07) is 14.8. The van der Waals surface area contributed by atoms with Gasteiger partial charge < -0.3 is 5.32 Å². The second-order valence-corrected chi connectivity index (χ2v) is 7.43. The molecule has 2 aromatic heterocycles. The Morgan fingerprint density at radius 1 is 1.00 bits per heavy atom. The Morgan fingerprint density at radius 3 is 2.41 bits per heavy atom. The molecule has 0 fully saturated rings. The number of aryl methyl sites for hydroxylation is 2. The first-order valence-electron chi connectivity index (χ1n) is 9.94. The first-order chi connectivity index (χ1) is 15.2. The lowest BCUT2D eigenvalue weighted by Gasteiger charge is -2.12. The van der Waals surface area contributed by atoms with Crippen LogP contribution < -0.4 is 5.32 Å². The number of fused-ring (bicyclic) bond motifs is 1. The third-order valence-corrected chi connectivity index (χ3v) is 5.14. The highest BCUT2D eigenvalue weighted by Gasteiger charge is 2.33. The smallest absolute Gasteiger partial charge is 0.325 e. The summed E-state index contributed by atoms with van der Waals surface area (Å²) >= 11 is 0. The molecule has 0 aliphatic heterocycles. The van der Waals surface area contributed by atoms with Crippen LogP contribution in [0.25, 0.3) is 5.78 Å². The lowest BCUT2D eigenvalue weighted by Crippen LogP contribution is -2.18. The molecule has 0 atom stereocenters. The van der Waals surface area contributed by atoms with Gasteiger partial charge in [-0.2, -0.15) is 18.2 Å². The molecule has 2 aromatic carbocycles. The molecule has 6 nitrogen and oxygen atoms in total. The van der Waals surface area contributed by atoms with Crippen LogP contribution in [0.5, 0.6) is 0 Å². The molecule has 164 valence electrons. The Bertz CT molecular complexity index is 1280. The number of nitrogens with zero attached hydrogens (tertiary/aromatic N) is 4. The molecule has 2 heterocycles. The number of hydrogen-bond donors (Lipinski definition) is 1. The average Bonchev–Trinajstić information content (AvgIpc) is 3.13. The summed E-state index contributed by atoms with van der Waals surface area (Å²) in [4.78, 5) is 21.2. The molecule has 4 rings (SSSR count). The summed E-state index contributed by atoms with van der Waals surface area (Å²) in [6.45, 7) is 3.79. The Labute approximate surface area is 182 Å². The molecule has 0 bridgehead atoms. The number of anilines is 1. The van der Waals surface area contributed by atoms with E-state index in [9.17, 15) is 18.0 Å². The largest absolute Gasteiger partial charge is 0.418 e. The van der Waals surface area contributed by atoms with Crippen molar-refractivity contribution in [1.29, 1.82) is 0 Å². The second kappa shape index (κ2) is 8.41. The van der Waals surface area contributed by atoms with E-state index in [0.717, 1.165) is 28.6 Å². The van der Waals surface area contributed by atoms with Crippen LogP contribution in [0.1, 0.15) is 33.9 Å². The number of para-hydroxylation sites is 1. The van der Waals surface area contributed by atoms with Gasteiger partial charge in [0.2, 0.25) is 5.91 Å². The normalized spacial score (nSPS) is 11.7. The Kier molecular flexibility index (Phi) is 5.65. The lowest BCUT2D eigenvalue weighted by molar-refractivity contribution is -0.137. The van der Waals surface area contributed by atoms with Gasteiger partial charge in [-0.3, -0.25) is 4.79 Å². The van der Waals surface area contributed by atoms with Crippen LogP contribution in [0.3, 0.4) is 0 Å². The molecule has 0 aliphatic rings. The molecule has 0 unspecified atom stereocenters. The molecule has 0 radical (unpaired) electrons. The zero-order chi connectivity index (χ0) is 22.9. The average molecular weight is 439 g/mol. The molecule has 0 spiro atoms. The highest BCUT2D eigenvalue weighted by atomic mass is 19.4. The lowest BCUT2D eigenvalue weighted by atomic mass is 10.0. The third-order valence-electron chi connectivity index (χ3n) is 5.14. The number of carbonyl (C=O) groups excluding carboxylic acids is 1. The zero-order valence-electron chi connectivity index (χ0n) is 17.4. The van der Waals surface area contributed by atoms with Crippen LogP contribution in [0.4, 0.5) is 18.9 Å². The first-order valence-corrected chi connectivity index (χ1v) is 9.94. The number of carbonyl (C=O) groups is 1. The van der Waals surface area contributed by atoms with Crippen molar-refractivity contribution in [3.05, 3.63) is 88.5 Å². The van der Waals surface area contributed by atoms with Gasteiger partial charge in [0.25, 0.3) is 5.78 Å². The van der Waals surface area contributed by atoms with Crippen molar-refractivity contribution in [2.45, 2.75) is 32.9 Å². The number of hydrogen-bond acceptors (Lipinski definition) is 4. The second-order valence-electron chi connectivity index (χ2n) is 7.43. The van der Waals surface area contributed by atoms with Gasteiger partial charge in [-0.05, 0) is 37.1 Å². The Balaban J connectivity index is 1.57. The predicted molar refractivity (Wildman–Crippen MR) is 113 cm³/mol. The fourth-order valence-corrected chi connectivity index (χ4v) is 3.56. The van der Waals surface area contributed by atoms with E-state index in [0.29, 0.717) is 12.2 Å². The molecule has 0 saturated carbocycles. The van der Waals surface area contributed by atoms with Crippen LogP contribution in [0, 0.1) is 13.8 Å².